The van der Waals surface area contributed by atoms with Crippen LogP contribution in [0.4, 0.5) is 0 Å². The third-order valence-corrected chi connectivity index (χ3v) is 3.37. The van der Waals surface area contributed by atoms with Crippen LogP contribution in [0, 0.1) is 13.8 Å². The predicted octanol–water partition coefficient (Wildman–Crippen LogP) is 3.35. The molecule has 0 N–H and O–H groups in total. The molecule has 0 saturated carbocycles. The van der Waals surface area contributed by atoms with E-state index in [-0.39, 0.29) is 5.56 Å². The summed E-state index contributed by atoms with van der Waals surface area (Å²) in [7, 11) is 0. The molecule has 0 saturated heterocycles. The molecule has 0 fully saturated rings. The number of aryl methyl sites for hydroxylation is 2. The molecule has 0 radical (unpaired) electrons. The zero-order valence-electron chi connectivity index (χ0n) is 9.90. The van der Waals surface area contributed by atoms with Crippen molar-refractivity contribution in [3.63, 3.8) is 0 Å². The van der Waals surface area contributed by atoms with Crippen LogP contribution in [-0.4, -0.2) is 4.57 Å². The summed E-state index contributed by atoms with van der Waals surface area (Å²) in [6, 6.07) is 11.7. The topological polar surface area (TPSA) is 22.0 Å². The Hall–Kier alpha value is -1.35. The Morgan fingerprint density at radius 1 is 1.12 bits per heavy atom. The van der Waals surface area contributed by atoms with Crippen LogP contribution in [0.1, 0.15) is 16.8 Å². The summed E-state index contributed by atoms with van der Waals surface area (Å²) in [5.74, 6) is 0. The number of benzene rings is 1. The Kier molecular flexibility index (Phi) is 3.48. The van der Waals surface area contributed by atoms with Crippen LogP contribution in [0.5, 0.6) is 0 Å². The van der Waals surface area contributed by atoms with Crippen molar-refractivity contribution in [1.29, 1.82) is 0 Å². The second-order valence-electron chi connectivity index (χ2n) is 4.15. The molecule has 0 amide bonds. The van der Waals surface area contributed by atoms with Crippen molar-refractivity contribution in [2.45, 2.75) is 19.2 Å². The normalized spacial score (nSPS) is 10.5. The molecule has 1 aromatic carbocycles. The number of rotatable bonds is 2. The lowest BCUT2D eigenvalue weighted by Gasteiger charge is -2.11. The Balaban J connectivity index is 2.60. The van der Waals surface area contributed by atoms with Gasteiger partial charge in [-0.05, 0) is 37.6 Å². The van der Waals surface area contributed by atoms with E-state index in [9.17, 15) is 4.79 Å². The minimum Gasteiger partial charge on any atom is -0.282 e. The van der Waals surface area contributed by atoms with E-state index < -0.39 is 0 Å². The quantitative estimate of drug-likeness (QED) is 0.778. The van der Waals surface area contributed by atoms with Crippen LogP contribution in [0.25, 0.3) is 5.69 Å². The van der Waals surface area contributed by atoms with E-state index in [0.717, 1.165) is 16.9 Å². The maximum absolute atomic E-state index is 12.0. The zero-order valence-corrected chi connectivity index (χ0v) is 11.5. The van der Waals surface area contributed by atoms with Crippen molar-refractivity contribution >= 4 is 15.9 Å². The Morgan fingerprint density at radius 2 is 1.76 bits per heavy atom. The summed E-state index contributed by atoms with van der Waals surface area (Å²) in [4.78, 5) is 12.0. The zero-order chi connectivity index (χ0) is 12.4. The molecule has 3 heteroatoms. The van der Waals surface area contributed by atoms with Crippen molar-refractivity contribution in [1.82, 2.24) is 4.57 Å². The van der Waals surface area contributed by atoms with Gasteiger partial charge in [0.2, 0.25) is 0 Å². The largest absolute Gasteiger partial charge is 0.282 e. The van der Waals surface area contributed by atoms with Crippen LogP contribution >= 0.6 is 15.9 Å². The van der Waals surface area contributed by atoms with Crippen LogP contribution in [-0.2, 0) is 5.33 Å². The number of hydrogen-bond acceptors (Lipinski definition) is 1. The van der Waals surface area contributed by atoms with Gasteiger partial charge in [-0.25, -0.2) is 0 Å². The number of pyridine rings is 1. The molecule has 0 spiro atoms. The van der Waals surface area contributed by atoms with Crippen LogP contribution < -0.4 is 5.56 Å². The Morgan fingerprint density at radius 3 is 2.29 bits per heavy atom. The Bertz CT molecular complexity index is 584. The molecule has 0 bridgehead atoms. The van der Waals surface area contributed by atoms with Gasteiger partial charge in [0.1, 0.15) is 0 Å². The van der Waals surface area contributed by atoms with Gasteiger partial charge in [-0.3, -0.25) is 9.36 Å². The van der Waals surface area contributed by atoms with Gasteiger partial charge in [0.25, 0.3) is 5.56 Å². The fraction of sp³-hybridized carbons (Fsp3) is 0.214. The van der Waals surface area contributed by atoms with Gasteiger partial charge in [0.05, 0.1) is 0 Å². The van der Waals surface area contributed by atoms with Crippen molar-refractivity contribution in [3.8, 4) is 5.69 Å². The molecule has 2 rings (SSSR count). The van der Waals surface area contributed by atoms with Gasteiger partial charge in [-0.1, -0.05) is 33.6 Å². The highest BCUT2D eigenvalue weighted by Gasteiger charge is 2.04. The summed E-state index contributed by atoms with van der Waals surface area (Å²) in [6.07, 6.45) is 0. The molecule has 0 atom stereocenters. The van der Waals surface area contributed by atoms with Gasteiger partial charge in [0, 0.05) is 22.8 Å². The fourth-order valence-corrected chi connectivity index (χ4v) is 2.20. The van der Waals surface area contributed by atoms with Crippen LogP contribution in [0.15, 0.2) is 41.2 Å². The first kappa shape index (κ1) is 12.1. The number of nitrogens with zero attached hydrogens (tertiary/aromatic N) is 1. The first-order chi connectivity index (χ1) is 8.11. The van der Waals surface area contributed by atoms with Gasteiger partial charge in [-0.15, -0.1) is 0 Å². The minimum atomic E-state index is 0.0169. The Labute approximate surface area is 109 Å². The first-order valence-electron chi connectivity index (χ1n) is 5.47. The average molecular weight is 292 g/mol. The van der Waals surface area contributed by atoms with E-state index in [1.165, 1.54) is 5.56 Å². The summed E-state index contributed by atoms with van der Waals surface area (Å²) in [6.45, 7) is 3.99. The molecular weight excluding hydrogens is 278 g/mol. The lowest BCUT2D eigenvalue weighted by atomic mass is 10.2. The standard InChI is InChI=1S/C14H14BrNO/c1-10-3-5-13(6-4-10)16-11(2)7-12(9-15)8-14(16)17/h3-8H,9H2,1-2H3. The molecule has 2 aromatic rings. The summed E-state index contributed by atoms with van der Waals surface area (Å²) >= 11 is 3.37. The molecule has 0 aliphatic rings. The smallest absolute Gasteiger partial charge is 0.255 e. The molecule has 0 aliphatic carbocycles. The molecule has 88 valence electrons. The lowest BCUT2D eigenvalue weighted by molar-refractivity contribution is 0.926. The number of alkyl halides is 1. The molecule has 0 aliphatic heterocycles. The highest BCUT2D eigenvalue weighted by atomic mass is 79.9. The van der Waals surface area contributed by atoms with E-state index in [1.54, 1.807) is 10.6 Å². The monoisotopic (exact) mass is 291 g/mol. The molecule has 0 unspecified atom stereocenters. The second kappa shape index (κ2) is 4.88. The van der Waals surface area contributed by atoms with E-state index in [1.807, 2.05) is 44.2 Å². The average Bonchev–Trinajstić information content (AvgIpc) is 2.30. The number of halogens is 1. The van der Waals surface area contributed by atoms with E-state index in [2.05, 4.69) is 15.9 Å². The molecule has 17 heavy (non-hydrogen) atoms. The maximum Gasteiger partial charge on any atom is 0.255 e. The predicted molar refractivity (Wildman–Crippen MR) is 74.1 cm³/mol. The van der Waals surface area contributed by atoms with E-state index >= 15 is 0 Å². The van der Waals surface area contributed by atoms with Gasteiger partial charge in [-0.2, -0.15) is 0 Å². The number of hydrogen-bond donors (Lipinski definition) is 0. The molecular formula is C14H14BrNO. The molecule has 2 nitrogen and oxygen atoms in total. The second-order valence-corrected chi connectivity index (χ2v) is 4.71. The van der Waals surface area contributed by atoms with Gasteiger partial charge < -0.3 is 0 Å². The maximum atomic E-state index is 12.0. The van der Waals surface area contributed by atoms with Crippen LogP contribution in [0.3, 0.4) is 0 Å². The van der Waals surface area contributed by atoms with E-state index in [0.29, 0.717) is 5.33 Å². The van der Waals surface area contributed by atoms with Crippen molar-refractivity contribution in [2.75, 3.05) is 0 Å². The summed E-state index contributed by atoms with van der Waals surface area (Å²) < 4.78 is 1.73. The van der Waals surface area contributed by atoms with Gasteiger partial charge >= 0.3 is 0 Å². The first-order valence-corrected chi connectivity index (χ1v) is 6.59. The molecule has 1 heterocycles. The van der Waals surface area contributed by atoms with Crippen molar-refractivity contribution in [3.05, 3.63) is 63.6 Å². The number of aromatic nitrogens is 1. The third kappa shape index (κ3) is 2.50. The lowest BCUT2D eigenvalue weighted by Crippen LogP contribution is -2.20. The highest BCUT2D eigenvalue weighted by Crippen LogP contribution is 2.12. The molecule has 1 aromatic heterocycles. The highest BCUT2D eigenvalue weighted by molar-refractivity contribution is 9.08. The fourth-order valence-electron chi connectivity index (χ4n) is 1.87. The third-order valence-electron chi connectivity index (χ3n) is 2.72. The van der Waals surface area contributed by atoms with Crippen molar-refractivity contribution < 1.29 is 0 Å². The minimum absolute atomic E-state index is 0.0169. The van der Waals surface area contributed by atoms with E-state index in [4.69, 9.17) is 0 Å². The SMILES string of the molecule is Cc1ccc(-n2c(C)cc(CBr)cc2=O)cc1. The summed E-state index contributed by atoms with van der Waals surface area (Å²) in [5, 5.41) is 0.706. The van der Waals surface area contributed by atoms with Gasteiger partial charge in [0.15, 0.2) is 0 Å². The van der Waals surface area contributed by atoms with Crippen molar-refractivity contribution in [2.24, 2.45) is 0 Å². The summed E-state index contributed by atoms with van der Waals surface area (Å²) in [5.41, 5.74) is 4.09. The van der Waals surface area contributed by atoms with Crippen LogP contribution in [0.2, 0.25) is 0 Å².